The van der Waals surface area contributed by atoms with Gasteiger partial charge in [0.25, 0.3) is 5.91 Å². The molecule has 1 aliphatic rings. The van der Waals surface area contributed by atoms with E-state index in [-0.39, 0.29) is 23.1 Å². The number of nitrogens with zero attached hydrogens (tertiary/aromatic N) is 6. The molecule has 5 rings (SSSR count). The van der Waals surface area contributed by atoms with E-state index in [4.69, 9.17) is 4.74 Å². The Kier molecular flexibility index (Phi) is 11.1. The van der Waals surface area contributed by atoms with Crippen molar-refractivity contribution in [3.63, 3.8) is 0 Å². The summed E-state index contributed by atoms with van der Waals surface area (Å²) >= 11 is 4.06. The molecule has 0 spiro atoms. The van der Waals surface area contributed by atoms with Crippen molar-refractivity contribution in [2.75, 3.05) is 36.5 Å². The molecule has 1 saturated heterocycles. The van der Waals surface area contributed by atoms with Gasteiger partial charge in [0.05, 0.1) is 23.8 Å². The molecule has 4 aromatic rings. The van der Waals surface area contributed by atoms with E-state index in [1.54, 1.807) is 16.3 Å². The molecule has 3 heterocycles. The molecule has 2 amide bonds. The van der Waals surface area contributed by atoms with Crippen molar-refractivity contribution in [3.8, 4) is 11.4 Å². The molecule has 2 aromatic heterocycles. The van der Waals surface area contributed by atoms with Crippen molar-refractivity contribution in [3.05, 3.63) is 59.9 Å². The quantitative estimate of drug-likeness (QED) is 0.145. The average Bonchev–Trinajstić information content (AvgIpc) is 3.82. The van der Waals surface area contributed by atoms with Gasteiger partial charge < -0.3 is 10.1 Å². The van der Waals surface area contributed by atoms with Gasteiger partial charge >= 0.3 is 0 Å². The van der Waals surface area contributed by atoms with Crippen LogP contribution in [0.5, 0.6) is 5.75 Å². The molecular weight excluding hydrogens is 657 g/mol. The monoisotopic (exact) mass is 688 g/mol. The Morgan fingerprint density at radius 2 is 1.69 bits per heavy atom. The fourth-order valence-electron chi connectivity index (χ4n) is 4.47. The normalized spacial score (nSPS) is 13.6. The average molecular weight is 689 g/mol. The highest BCUT2D eigenvalue weighted by Crippen LogP contribution is 2.27. The standard InChI is InChI=1S/C28H32N8O5S4/c1-3-41-21-11-9-20(10-12-21)36-23(31-33-27(36)43-18-24(37)30-26-32-34-28(44-26)42-4-2)17-29-25(38)19-7-13-22(14-8-19)45(39,40)35-15-5-6-16-35/h7-14H,3-6,15-18H2,1-2H3,(H,29,38)(H,30,32,37). The van der Waals surface area contributed by atoms with Gasteiger partial charge in [0.1, 0.15) is 5.75 Å². The predicted octanol–water partition coefficient (Wildman–Crippen LogP) is 4.07. The van der Waals surface area contributed by atoms with Crippen molar-refractivity contribution in [2.24, 2.45) is 0 Å². The molecule has 45 heavy (non-hydrogen) atoms. The van der Waals surface area contributed by atoms with E-state index >= 15 is 0 Å². The summed E-state index contributed by atoms with van der Waals surface area (Å²) in [5, 5.41) is 23.2. The minimum Gasteiger partial charge on any atom is -0.494 e. The maximum atomic E-state index is 13.0. The zero-order valence-corrected chi connectivity index (χ0v) is 27.9. The highest BCUT2D eigenvalue weighted by Gasteiger charge is 2.27. The minimum atomic E-state index is -3.57. The molecule has 1 fully saturated rings. The summed E-state index contributed by atoms with van der Waals surface area (Å²) in [5.41, 5.74) is 1.03. The molecule has 238 valence electrons. The third-order valence-electron chi connectivity index (χ3n) is 6.59. The zero-order chi connectivity index (χ0) is 31.8. The van der Waals surface area contributed by atoms with E-state index in [1.165, 1.54) is 51.7 Å². The van der Waals surface area contributed by atoms with Gasteiger partial charge in [0.2, 0.25) is 21.1 Å². The van der Waals surface area contributed by atoms with E-state index < -0.39 is 15.9 Å². The van der Waals surface area contributed by atoms with Crippen LogP contribution in [0.25, 0.3) is 5.69 Å². The van der Waals surface area contributed by atoms with Crippen LogP contribution in [0.1, 0.15) is 42.9 Å². The molecule has 17 heteroatoms. The van der Waals surface area contributed by atoms with Crippen LogP contribution in [0.3, 0.4) is 0 Å². The lowest BCUT2D eigenvalue weighted by Gasteiger charge is -2.15. The first kappa shape index (κ1) is 32.9. The number of hydrogen-bond donors (Lipinski definition) is 2. The Balaban J connectivity index is 1.28. The van der Waals surface area contributed by atoms with Gasteiger partial charge in [-0.25, -0.2) is 8.42 Å². The summed E-state index contributed by atoms with van der Waals surface area (Å²) < 4.78 is 35.3. The number of ether oxygens (including phenoxy) is 1. The van der Waals surface area contributed by atoms with Gasteiger partial charge in [-0.05, 0) is 74.0 Å². The van der Waals surface area contributed by atoms with Crippen LogP contribution in [0, 0.1) is 0 Å². The molecule has 0 aliphatic carbocycles. The molecule has 0 unspecified atom stereocenters. The van der Waals surface area contributed by atoms with Crippen LogP contribution in [0.2, 0.25) is 0 Å². The van der Waals surface area contributed by atoms with Gasteiger partial charge in [-0.2, -0.15) is 4.31 Å². The number of aromatic nitrogens is 5. The Hall–Kier alpha value is -3.51. The van der Waals surface area contributed by atoms with E-state index in [0.29, 0.717) is 47.1 Å². The minimum absolute atomic E-state index is 0.0300. The molecule has 0 saturated carbocycles. The lowest BCUT2D eigenvalue weighted by atomic mass is 10.2. The second-order valence-corrected chi connectivity index (χ2v) is 15.0. The first-order valence-electron chi connectivity index (χ1n) is 14.2. The van der Waals surface area contributed by atoms with Crippen LogP contribution < -0.4 is 15.4 Å². The molecule has 1 aliphatic heterocycles. The summed E-state index contributed by atoms with van der Waals surface area (Å²) in [7, 11) is -3.57. The van der Waals surface area contributed by atoms with Gasteiger partial charge in [-0.15, -0.1) is 20.4 Å². The molecule has 0 atom stereocenters. The zero-order valence-electron chi connectivity index (χ0n) is 24.6. The highest BCUT2D eigenvalue weighted by atomic mass is 32.2. The van der Waals surface area contributed by atoms with Gasteiger partial charge in [0, 0.05) is 24.3 Å². The molecule has 2 N–H and O–H groups in total. The summed E-state index contributed by atoms with van der Waals surface area (Å²) in [6.45, 7) is 5.49. The Bertz CT molecular complexity index is 1720. The van der Waals surface area contributed by atoms with Gasteiger partial charge in [0.15, 0.2) is 15.3 Å². The van der Waals surface area contributed by atoms with Crippen LogP contribution in [0.4, 0.5) is 5.13 Å². The molecule has 13 nitrogen and oxygen atoms in total. The number of benzene rings is 2. The lowest BCUT2D eigenvalue weighted by Crippen LogP contribution is -2.28. The van der Waals surface area contributed by atoms with Crippen LogP contribution in [0.15, 0.2) is 62.9 Å². The van der Waals surface area contributed by atoms with Crippen molar-refractivity contribution in [2.45, 2.75) is 47.6 Å². The maximum absolute atomic E-state index is 13.0. The summed E-state index contributed by atoms with van der Waals surface area (Å²) in [4.78, 5) is 25.9. The van der Waals surface area contributed by atoms with E-state index in [9.17, 15) is 18.0 Å². The smallest absolute Gasteiger partial charge is 0.251 e. The molecule has 0 bridgehead atoms. The third kappa shape index (κ3) is 8.21. The molecule has 2 aromatic carbocycles. The van der Waals surface area contributed by atoms with Crippen molar-refractivity contribution in [1.29, 1.82) is 0 Å². The Labute approximate surface area is 273 Å². The first-order valence-corrected chi connectivity index (χ1v) is 18.5. The number of amides is 2. The molecular formula is C28H32N8O5S4. The second kappa shape index (κ2) is 15.2. The van der Waals surface area contributed by atoms with Crippen molar-refractivity contribution < 1.29 is 22.7 Å². The number of carbonyl (C=O) groups is 2. The summed E-state index contributed by atoms with van der Waals surface area (Å²) in [6.07, 6.45) is 1.69. The van der Waals surface area contributed by atoms with E-state index in [0.717, 1.165) is 28.6 Å². The van der Waals surface area contributed by atoms with Crippen molar-refractivity contribution >= 4 is 61.8 Å². The topological polar surface area (TPSA) is 161 Å². The van der Waals surface area contributed by atoms with Gasteiger partial charge in [-0.3, -0.25) is 19.5 Å². The summed E-state index contributed by atoms with van der Waals surface area (Å²) in [5.74, 6) is 1.38. The number of rotatable bonds is 14. The second-order valence-electron chi connectivity index (χ2n) is 9.62. The Morgan fingerprint density at radius 3 is 2.38 bits per heavy atom. The first-order chi connectivity index (χ1) is 21.8. The van der Waals surface area contributed by atoms with Crippen LogP contribution in [-0.2, 0) is 21.4 Å². The van der Waals surface area contributed by atoms with E-state index in [1.807, 2.05) is 38.1 Å². The lowest BCUT2D eigenvalue weighted by molar-refractivity contribution is -0.113. The largest absolute Gasteiger partial charge is 0.494 e. The van der Waals surface area contributed by atoms with Crippen LogP contribution >= 0.6 is 34.9 Å². The van der Waals surface area contributed by atoms with Gasteiger partial charge in [-0.1, -0.05) is 41.8 Å². The van der Waals surface area contributed by atoms with E-state index in [2.05, 4.69) is 31.0 Å². The van der Waals surface area contributed by atoms with Crippen LogP contribution in [-0.4, -0.2) is 80.7 Å². The maximum Gasteiger partial charge on any atom is 0.251 e. The number of thioether (sulfide) groups is 2. The number of sulfonamides is 1. The fourth-order valence-corrected chi connectivity index (χ4v) is 8.42. The SMILES string of the molecule is CCOc1ccc(-n2c(CNC(=O)c3ccc(S(=O)(=O)N4CCCC4)cc3)nnc2SCC(=O)Nc2nnc(SCC)s2)cc1. The third-order valence-corrected chi connectivity index (χ3v) is 11.3. The number of anilines is 1. The Morgan fingerprint density at radius 1 is 0.956 bits per heavy atom. The highest BCUT2D eigenvalue weighted by molar-refractivity contribution is 8.01. The number of nitrogens with one attached hydrogen (secondary N) is 2. The fraction of sp³-hybridized carbons (Fsp3) is 0.357. The summed E-state index contributed by atoms with van der Waals surface area (Å²) in [6, 6.07) is 13.2. The number of carbonyl (C=O) groups excluding carboxylic acids is 2. The van der Waals surface area contributed by atoms with Crippen molar-refractivity contribution in [1.82, 2.24) is 34.6 Å². The predicted molar refractivity (Wildman–Crippen MR) is 174 cm³/mol. The molecule has 0 radical (unpaired) electrons. The number of hydrogen-bond acceptors (Lipinski definition) is 12.